The molecule has 2 N–H and O–H groups in total. The van der Waals surface area contributed by atoms with Gasteiger partial charge in [0, 0.05) is 25.9 Å². The molecule has 3 aromatic heterocycles. The predicted molar refractivity (Wildman–Crippen MR) is 130 cm³/mol. The zero-order valence-corrected chi connectivity index (χ0v) is 19.7. The van der Waals surface area contributed by atoms with Crippen LogP contribution in [0.5, 0.6) is 0 Å². The van der Waals surface area contributed by atoms with Crippen LogP contribution < -0.4 is 5.73 Å². The van der Waals surface area contributed by atoms with Gasteiger partial charge in [-0.1, -0.05) is 18.4 Å². The fourth-order valence-corrected chi connectivity index (χ4v) is 4.75. The summed E-state index contributed by atoms with van der Waals surface area (Å²) in [5.74, 6) is 4.94. The van der Waals surface area contributed by atoms with Crippen molar-refractivity contribution < 1.29 is 22.7 Å². The van der Waals surface area contributed by atoms with Crippen molar-refractivity contribution in [2.45, 2.75) is 25.1 Å². The van der Waals surface area contributed by atoms with Crippen molar-refractivity contribution in [2.24, 2.45) is 0 Å². The number of alkyl halides is 2. The molecule has 190 valence electrons. The van der Waals surface area contributed by atoms with E-state index in [4.69, 9.17) is 10.5 Å². The van der Waals surface area contributed by atoms with Gasteiger partial charge in [-0.15, -0.1) is 0 Å². The molecule has 1 fully saturated rings. The summed E-state index contributed by atoms with van der Waals surface area (Å²) in [6, 6.07) is 2.00. The van der Waals surface area contributed by atoms with Crippen LogP contribution in [0.1, 0.15) is 30.1 Å². The lowest BCUT2D eigenvalue weighted by molar-refractivity contribution is -0.127. The first kappa shape index (κ1) is 24.3. The maximum absolute atomic E-state index is 14.8. The van der Waals surface area contributed by atoms with Crippen LogP contribution in [0.25, 0.3) is 22.1 Å². The fourth-order valence-electron chi connectivity index (χ4n) is 4.75. The quantitative estimate of drug-likeness (QED) is 0.327. The summed E-state index contributed by atoms with van der Waals surface area (Å²) >= 11 is 0. The van der Waals surface area contributed by atoms with Crippen LogP contribution in [0.2, 0.25) is 0 Å². The zero-order valence-electron chi connectivity index (χ0n) is 19.7. The summed E-state index contributed by atoms with van der Waals surface area (Å²) in [6.45, 7) is 1.51. The first-order chi connectivity index (χ1) is 17.8. The second kappa shape index (κ2) is 9.59. The molecule has 37 heavy (non-hydrogen) atoms. The number of hydrogen-bond donors (Lipinski definition) is 1. The molecule has 0 radical (unpaired) electrons. The summed E-state index contributed by atoms with van der Waals surface area (Å²) in [5, 5.41) is 0.496. The number of nitrogens with two attached hydrogens (primary N) is 1. The fraction of sp³-hybridized carbons (Fsp3) is 0.280. The average Bonchev–Trinajstić information content (AvgIpc) is 3.58. The van der Waals surface area contributed by atoms with E-state index >= 15 is 0 Å². The predicted octanol–water partition coefficient (Wildman–Crippen LogP) is 3.27. The Morgan fingerprint density at radius 3 is 2.81 bits per heavy atom. The number of hydrogen-bond acceptors (Lipinski definition) is 6. The molecular formula is C25H22F3N7O2. The number of aromatic nitrogens is 5. The van der Waals surface area contributed by atoms with Crippen molar-refractivity contribution in [3.05, 3.63) is 60.6 Å². The van der Waals surface area contributed by atoms with Crippen LogP contribution in [0.15, 0.2) is 43.6 Å². The number of carbonyl (C=O) groups excluding carboxylic acids is 1. The van der Waals surface area contributed by atoms with Crippen molar-refractivity contribution >= 4 is 33.8 Å². The van der Waals surface area contributed by atoms with Gasteiger partial charge in [-0.05, 0) is 18.6 Å². The van der Waals surface area contributed by atoms with E-state index in [1.165, 1.54) is 18.5 Å². The number of ether oxygens (including phenoxy) is 1. The molecule has 1 saturated heterocycles. The second-order valence-corrected chi connectivity index (χ2v) is 8.60. The molecule has 4 aromatic rings. The molecule has 0 aliphatic carbocycles. The molecule has 2 atom stereocenters. The minimum atomic E-state index is -2.84. The zero-order chi connectivity index (χ0) is 26.3. The van der Waals surface area contributed by atoms with E-state index in [0.29, 0.717) is 40.7 Å². The van der Waals surface area contributed by atoms with Gasteiger partial charge < -0.3 is 19.9 Å². The molecule has 5 rings (SSSR count). The van der Waals surface area contributed by atoms with Gasteiger partial charge >= 0.3 is 6.55 Å². The summed E-state index contributed by atoms with van der Waals surface area (Å²) in [5.41, 5.74) is 7.30. The van der Waals surface area contributed by atoms with Gasteiger partial charge in [0.05, 0.1) is 46.2 Å². The van der Waals surface area contributed by atoms with Crippen molar-refractivity contribution in [2.75, 3.05) is 26.0 Å². The number of benzene rings is 1. The van der Waals surface area contributed by atoms with E-state index in [-0.39, 0.29) is 40.4 Å². The molecule has 1 aromatic carbocycles. The molecule has 0 bridgehead atoms. The number of fused-ring (bicyclic) bond motifs is 2. The van der Waals surface area contributed by atoms with Gasteiger partial charge in [-0.2, -0.15) is 8.78 Å². The molecule has 9 nitrogen and oxygen atoms in total. The van der Waals surface area contributed by atoms with Crippen LogP contribution in [0, 0.1) is 17.7 Å². The molecule has 0 spiro atoms. The molecule has 0 unspecified atom stereocenters. The lowest BCUT2D eigenvalue weighted by Crippen LogP contribution is -2.37. The third kappa shape index (κ3) is 4.27. The Balaban J connectivity index is 1.56. The maximum atomic E-state index is 14.8. The lowest BCUT2D eigenvalue weighted by atomic mass is 10.1. The van der Waals surface area contributed by atoms with E-state index in [2.05, 4.69) is 33.4 Å². The lowest BCUT2D eigenvalue weighted by Gasteiger charge is -2.22. The molecule has 4 heterocycles. The number of methoxy groups -OCH3 is 1. The van der Waals surface area contributed by atoms with Crippen molar-refractivity contribution in [3.8, 4) is 11.8 Å². The maximum Gasteiger partial charge on any atom is 0.320 e. The molecular weight excluding hydrogens is 487 g/mol. The van der Waals surface area contributed by atoms with Crippen LogP contribution >= 0.6 is 0 Å². The van der Waals surface area contributed by atoms with Gasteiger partial charge in [0.25, 0.3) is 0 Å². The topological polar surface area (TPSA) is 104 Å². The van der Waals surface area contributed by atoms with Gasteiger partial charge in [-0.3, -0.25) is 9.36 Å². The number of rotatable bonds is 5. The van der Waals surface area contributed by atoms with Crippen LogP contribution in [0.4, 0.5) is 19.0 Å². The Labute approximate surface area is 209 Å². The number of imidazole rings is 1. The van der Waals surface area contributed by atoms with Crippen LogP contribution in [-0.2, 0) is 9.53 Å². The largest absolute Gasteiger partial charge is 0.383 e. The summed E-state index contributed by atoms with van der Waals surface area (Å²) in [4.78, 5) is 26.5. The standard InChI is InChI=1S/C25H22F3N7O2/c1-3-21(36)33-10-16(7-17(33)11-37-2)34-9-15(22-23(29)30-12-31-24(22)34)5-4-14-6-19-20(8-18(14)26)35(13-32-19)25(27)28/h3,6,8-9,12-13,16-17,25H,1,7,10-11H2,2H3,(H2,29,30,31)/t16-,17+/m0/s1. The highest BCUT2D eigenvalue weighted by molar-refractivity contribution is 5.93. The Hall–Kier alpha value is -4.37. The highest BCUT2D eigenvalue weighted by Crippen LogP contribution is 2.33. The smallest absolute Gasteiger partial charge is 0.320 e. The first-order valence-corrected chi connectivity index (χ1v) is 11.3. The first-order valence-electron chi connectivity index (χ1n) is 11.3. The van der Waals surface area contributed by atoms with Gasteiger partial charge in [0.1, 0.15) is 29.9 Å². The third-order valence-electron chi connectivity index (χ3n) is 6.45. The van der Waals surface area contributed by atoms with Crippen LogP contribution in [0.3, 0.4) is 0 Å². The number of anilines is 1. The van der Waals surface area contributed by atoms with Gasteiger partial charge in [-0.25, -0.2) is 19.3 Å². The molecule has 1 aliphatic heterocycles. The number of carbonyl (C=O) groups is 1. The molecule has 12 heteroatoms. The average molecular weight is 509 g/mol. The van der Waals surface area contributed by atoms with Crippen molar-refractivity contribution in [1.82, 2.24) is 29.0 Å². The summed E-state index contributed by atoms with van der Waals surface area (Å²) < 4.78 is 48.8. The number of nitrogen functional groups attached to an aromatic ring is 1. The number of halogens is 3. The SMILES string of the molecule is C=CC(=O)N1C[C@@H](n2cc(C#Cc3cc4ncn(C(F)F)c4cc3F)c3c(N)ncnc32)C[C@@H]1COC. The van der Waals surface area contributed by atoms with E-state index in [1.54, 1.807) is 18.2 Å². The van der Waals surface area contributed by atoms with Gasteiger partial charge in [0.2, 0.25) is 5.91 Å². The second-order valence-electron chi connectivity index (χ2n) is 8.60. The number of likely N-dealkylation sites (tertiary alicyclic amines) is 1. The monoisotopic (exact) mass is 509 g/mol. The summed E-state index contributed by atoms with van der Waals surface area (Å²) in [6.07, 6.45) is 5.92. The highest BCUT2D eigenvalue weighted by atomic mass is 19.3. The Kier molecular flexibility index (Phi) is 6.31. The minimum Gasteiger partial charge on any atom is -0.383 e. The minimum absolute atomic E-state index is 0.00730. The van der Waals surface area contributed by atoms with E-state index < -0.39 is 12.4 Å². The normalized spacial score (nSPS) is 17.5. The Bertz CT molecular complexity index is 1580. The van der Waals surface area contributed by atoms with Crippen molar-refractivity contribution in [3.63, 3.8) is 0 Å². The highest BCUT2D eigenvalue weighted by Gasteiger charge is 2.36. The van der Waals surface area contributed by atoms with E-state index in [9.17, 15) is 18.0 Å². The van der Waals surface area contributed by atoms with Crippen LogP contribution in [-0.4, -0.2) is 61.2 Å². The Morgan fingerprint density at radius 1 is 1.30 bits per heavy atom. The number of nitrogens with zero attached hydrogens (tertiary/aromatic N) is 6. The van der Waals surface area contributed by atoms with E-state index in [0.717, 1.165) is 12.4 Å². The molecule has 1 amide bonds. The van der Waals surface area contributed by atoms with Gasteiger partial charge in [0.15, 0.2) is 0 Å². The molecule has 1 aliphatic rings. The van der Waals surface area contributed by atoms with E-state index in [1.807, 2.05) is 4.57 Å². The van der Waals surface area contributed by atoms with Crippen molar-refractivity contribution in [1.29, 1.82) is 0 Å². The molecule has 0 saturated carbocycles. The third-order valence-corrected chi connectivity index (χ3v) is 6.45. The Morgan fingerprint density at radius 2 is 2.08 bits per heavy atom. The summed E-state index contributed by atoms with van der Waals surface area (Å²) in [7, 11) is 1.57. The number of amides is 1.